The lowest BCUT2D eigenvalue weighted by atomic mass is 10.6. The lowest BCUT2D eigenvalue weighted by molar-refractivity contribution is -0.000348. The summed E-state index contributed by atoms with van der Waals surface area (Å²) in [5.74, 6) is 0. The third-order valence-corrected chi connectivity index (χ3v) is 2.54. The molecule has 0 bridgehead atoms. The number of hydrogen-bond donors (Lipinski definition) is 0. The van der Waals surface area contributed by atoms with E-state index in [1.807, 2.05) is 14.1 Å². The number of nitrogens with zero attached hydrogens (tertiary/aromatic N) is 1. The Labute approximate surface area is 53.7 Å². The van der Waals surface area contributed by atoms with E-state index in [-0.39, 0.29) is 9.76 Å². The largest absolute Gasteiger partial charge is 0.351 e. The zero-order chi connectivity index (χ0) is 6.41. The van der Waals surface area contributed by atoms with E-state index in [2.05, 4.69) is 6.92 Å². The van der Waals surface area contributed by atoms with E-state index in [1.165, 1.54) is 12.5 Å². The maximum Gasteiger partial charge on any atom is 0.190 e. The summed E-state index contributed by atoms with van der Waals surface area (Å²) in [5.41, 5.74) is 0. The summed E-state index contributed by atoms with van der Waals surface area (Å²) in [6.45, 7) is 2.19. The van der Waals surface area contributed by atoms with Crippen molar-refractivity contribution in [2.45, 2.75) is 19.4 Å². The van der Waals surface area contributed by atoms with Crippen molar-refractivity contribution < 1.29 is 4.53 Å². The SMILES string of the molecule is CCC[SiH2]ON(C)C. The second kappa shape index (κ2) is 5.28. The minimum absolute atomic E-state index is 0.210. The molecule has 0 aromatic rings. The maximum absolute atomic E-state index is 5.25. The first-order valence-corrected chi connectivity index (χ1v) is 4.65. The molecule has 8 heavy (non-hydrogen) atoms. The van der Waals surface area contributed by atoms with Gasteiger partial charge in [-0.05, 0) is 6.04 Å². The van der Waals surface area contributed by atoms with Gasteiger partial charge in [-0.3, -0.25) is 0 Å². The summed E-state index contributed by atoms with van der Waals surface area (Å²) in [7, 11) is 3.66. The predicted octanol–water partition coefficient (Wildman–Crippen LogP) is 0.392. The molecule has 0 aromatic heterocycles. The standard InChI is InChI=1S/C5H15NOSi/c1-4-5-8-7-6(2)3/h4-5,8H2,1-3H3. The second-order valence-corrected chi connectivity index (χ2v) is 3.37. The molecule has 0 fully saturated rings. The minimum Gasteiger partial charge on any atom is -0.351 e. The van der Waals surface area contributed by atoms with Crippen LogP contribution in [-0.2, 0) is 4.53 Å². The Kier molecular flexibility index (Phi) is 5.37. The van der Waals surface area contributed by atoms with Gasteiger partial charge >= 0.3 is 0 Å². The van der Waals surface area contributed by atoms with E-state index >= 15 is 0 Å². The molecule has 0 aliphatic heterocycles. The molecule has 50 valence electrons. The fourth-order valence-electron chi connectivity index (χ4n) is 0.391. The Morgan fingerprint density at radius 3 is 2.50 bits per heavy atom. The van der Waals surface area contributed by atoms with Gasteiger partial charge in [0.25, 0.3) is 0 Å². The van der Waals surface area contributed by atoms with Crippen molar-refractivity contribution in [3.8, 4) is 0 Å². The molecule has 0 saturated carbocycles. The van der Waals surface area contributed by atoms with E-state index < -0.39 is 0 Å². The van der Waals surface area contributed by atoms with Gasteiger partial charge in [-0.2, -0.15) is 0 Å². The van der Waals surface area contributed by atoms with Crippen molar-refractivity contribution in [2.75, 3.05) is 14.1 Å². The van der Waals surface area contributed by atoms with Crippen LogP contribution in [0.1, 0.15) is 13.3 Å². The van der Waals surface area contributed by atoms with Gasteiger partial charge in [0.15, 0.2) is 9.76 Å². The normalized spacial score (nSPS) is 12.0. The van der Waals surface area contributed by atoms with Crippen molar-refractivity contribution in [3.05, 3.63) is 0 Å². The fourth-order valence-corrected chi connectivity index (χ4v) is 1.17. The van der Waals surface area contributed by atoms with Crippen LogP contribution in [0, 0.1) is 0 Å². The quantitative estimate of drug-likeness (QED) is 0.312. The van der Waals surface area contributed by atoms with E-state index in [0.717, 1.165) is 0 Å². The van der Waals surface area contributed by atoms with E-state index in [9.17, 15) is 0 Å². The summed E-state index contributed by atoms with van der Waals surface area (Å²) in [6.07, 6.45) is 1.26. The van der Waals surface area contributed by atoms with Crippen LogP contribution < -0.4 is 0 Å². The van der Waals surface area contributed by atoms with Crippen LogP contribution in [-0.4, -0.2) is 28.9 Å². The van der Waals surface area contributed by atoms with Gasteiger partial charge in [-0.25, -0.2) is 5.06 Å². The molecule has 0 heterocycles. The highest BCUT2D eigenvalue weighted by atomic mass is 28.2. The van der Waals surface area contributed by atoms with Gasteiger partial charge in [0.2, 0.25) is 0 Å². The fraction of sp³-hybridized carbons (Fsp3) is 1.00. The Morgan fingerprint density at radius 2 is 2.12 bits per heavy atom. The molecule has 0 rings (SSSR count). The zero-order valence-corrected chi connectivity index (χ0v) is 7.39. The first-order chi connectivity index (χ1) is 3.77. The smallest absolute Gasteiger partial charge is 0.190 e. The monoisotopic (exact) mass is 133 g/mol. The van der Waals surface area contributed by atoms with Crippen LogP contribution in [0.25, 0.3) is 0 Å². The van der Waals surface area contributed by atoms with Crippen molar-refractivity contribution in [1.82, 2.24) is 5.06 Å². The van der Waals surface area contributed by atoms with Crippen LogP contribution >= 0.6 is 0 Å². The van der Waals surface area contributed by atoms with E-state index in [0.29, 0.717) is 0 Å². The average molecular weight is 133 g/mol. The molecular weight excluding hydrogens is 118 g/mol. The van der Waals surface area contributed by atoms with Crippen LogP contribution in [0.4, 0.5) is 0 Å². The number of hydrogen-bond acceptors (Lipinski definition) is 2. The lowest BCUT2D eigenvalue weighted by Gasteiger charge is -2.08. The van der Waals surface area contributed by atoms with Gasteiger partial charge in [0, 0.05) is 14.1 Å². The average Bonchev–Trinajstić information content (AvgIpc) is 1.66. The first-order valence-electron chi connectivity index (χ1n) is 3.07. The van der Waals surface area contributed by atoms with Crippen LogP contribution in [0.5, 0.6) is 0 Å². The molecule has 2 nitrogen and oxygen atoms in total. The van der Waals surface area contributed by atoms with Crippen LogP contribution in [0.3, 0.4) is 0 Å². The molecule has 0 N–H and O–H groups in total. The van der Waals surface area contributed by atoms with Gasteiger partial charge in [-0.1, -0.05) is 13.3 Å². The molecule has 0 aliphatic rings. The molecule has 3 heteroatoms. The van der Waals surface area contributed by atoms with Crippen molar-refractivity contribution in [1.29, 1.82) is 0 Å². The highest BCUT2D eigenvalue weighted by Crippen LogP contribution is 1.86. The van der Waals surface area contributed by atoms with Gasteiger partial charge in [-0.15, -0.1) is 0 Å². The highest BCUT2D eigenvalue weighted by molar-refractivity contribution is 6.26. The van der Waals surface area contributed by atoms with Crippen molar-refractivity contribution in [3.63, 3.8) is 0 Å². The number of rotatable bonds is 4. The Hall–Kier alpha value is 0.137. The summed E-state index contributed by atoms with van der Waals surface area (Å²) in [6, 6.07) is 1.29. The molecule has 0 saturated heterocycles. The molecule has 0 aromatic carbocycles. The van der Waals surface area contributed by atoms with E-state index in [4.69, 9.17) is 4.53 Å². The lowest BCUT2D eigenvalue weighted by Crippen LogP contribution is -2.14. The van der Waals surface area contributed by atoms with Crippen molar-refractivity contribution in [2.24, 2.45) is 0 Å². The second-order valence-electron chi connectivity index (χ2n) is 2.00. The molecule has 0 aliphatic carbocycles. The van der Waals surface area contributed by atoms with Gasteiger partial charge in [0.05, 0.1) is 0 Å². The first kappa shape index (κ1) is 8.14. The summed E-state index contributed by atoms with van der Waals surface area (Å²) < 4.78 is 5.25. The zero-order valence-electron chi connectivity index (χ0n) is 5.98. The minimum atomic E-state index is -0.210. The van der Waals surface area contributed by atoms with Crippen LogP contribution in [0.15, 0.2) is 0 Å². The Bertz CT molecular complexity index is 49.7. The molecule has 0 unspecified atom stereocenters. The van der Waals surface area contributed by atoms with E-state index in [1.54, 1.807) is 5.06 Å². The third kappa shape index (κ3) is 6.14. The summed E-state index contributed by atoms with van der Waals surface area (Å²) in [5, 5.41) is 1.79. The van der Waals surface area contributed by atoms with Gasteiger partial charge in [0.1, 0.15) is 0 Å². The third-order valence-electron chi connectivity index (χ3n) is 0.847. The Balaban J connectivity index is 2.72. The highest BCUT2D eigenvalue weighted by Gasteiger charge is 1.87. The molecule has 0 radical (unpaired) electrons. The van der Waals surface area contributed by atoms with Crippen molar-refractivity contribution >= 4 is 9.76 Å². The number of hydroxylamine groups is 2. The van der Waals surface area contributed by atoms with Crippen LogP contribution in [0.2, 0.25) is 6.04 Å². The maximum atomic E-state index is 5.25. The Morgan fingerprint density at radius 1 is 1.50 bits per heavy atom. The topological polar surface area (TPSA) is 12.5 Å². The summed E-state index contributed by atoms with van der Waals surface area (Å²) in [4.78, 5) is 0. The molecule has 0 atom stereocenters. The molecule has 0 spiro atoms. The molecular formula is C5H15NOSi. The predicted molar refractivity (Wildman–Crippen MR) is 38.4 cm³/mol. The molecule has 0 amide bonds. The summed E-state index contributed by atoms with van der Waals surface area (Å²) >= 11 is 0. The van der Waals surface area contributed by atoms with Gasteiger partial charge < -0.3 is 4.53 Å².